The van der Waals surface area contributed by atoms with Crippen LogP contribution in [0.15, 0.2) is 17.0 Å². The van der Waals surface area contributed by atoms with Gasteiger partial charge in [0, 0.05) is 6.07 Å². The molecule has 1 aromatic rings. The molecule has 0 unspecified atom stereocenters. The monoisotopic (exact) mass is 373 g/mol. The van der Waals surface area contributed by atoms with Gasteiger partial charge in [-0.3, -0.25) is 0 Å². The molecule has 0 saturated heterocycles. The van der Waals surface area contributed by atoms with Gasteiger partial charge in [-0.25, -0.2) is 19.6 Å². The van der Waals surface area contributed by atoms with E-state index >= 15 is 0 Å². The van der Waals surface area contributed by atoms with Crippen molar-refractivity contribution in [3.05, 3.63) is 17.0 Å². The summed E-state index contributed by atoms with van der Waals surface area (Å²) in [6.07, 6.45) is -0.513. The number of carbonyl (C=O) groups excluding carboxylic acids is 2. The normalized spacial score (nSPS) is 11.8. The molecule has 0 aliphatic rings. The summed E-state index contributed by atoms with van der Waals surface area (Å²) in [7, 11) is 0. The lowest BCUT2D eigenvalue weighted by atomic mass is 10.2. The maximum Gasteiger partial charge on any atom is 0.425 e. The summed E-state index contributed by atoms with van der Waals surface area (Å²) < 4.78 is 10.9. The van der Waals surface area contributed by atoms with E-state index in [2.05, 4.69) is 25.9 Å². The summed E-state index contributed by atoms with van der Waals surface area (Å²) in [5.41, 5.74) is -1.52. The summed E-state index contributed by atoms with van der Waals surface area (Å²) in [5, 5.41) is 0. The second-order valence-corrected chi connectivity index (χ2v) is 7.31. The fourth-order valence-electron chi connectivity index (χ4n) is 1.32. The van der Waals surface area contributed by atoms with Crippen molar-refractivity contribution in [2.75, 3.05) is 4.90 Å². The summed E-state index contributed by atoms with van der Waals surface area (Å²) in [6, 6.07) is 1.42. The van der Waals surface area contributed by atoms with Gasteiger partial charge in [0.05, 0.1) is 0 Å². The largest absolute Gasteiger partial charge is 0.443 e. The van der Waals surface area contributed by atoms with Crippen molar-refractivity contribution in [3.8, 4) is 0 Å². The third kappa shape index (κ3) is 5.97. The lowest BCUT2D eigenvalue weighted by Crippen LogP contribution is -2.44. The minimum atomic E-state index is -0.868. The Kier molecular flexibility index (Phi) is 5.50. The van der Waals surface area contributed by atoms with Gasteiger partial charge in [0.15, 0.2) is 5.82 Å². The lowest BCUT2D eigenvalue weighted by Gasteiger charge is -2.27. The molecule has 0 radical (unpaired) electrons. The van der Waals surface area contributed by atoms with Crippen LogP contribution in [0.25, 0.3) is 0 Å². The van der Waals surface area contributed by atoms with Crippen LogP contribution >= 0.6 is 15.9 Å². The lowest BCUT2D eigenvalue weighted by molar-refractivity contribution is 0.0429. The second-order valence-electron chi connectivity index (χ2n) is 6.50. The Morgan fingerprint density at radius 3 is 1.82 bits per heavy atom. The molecule has 2 amide bonds. The average Bonchev–Trinajstić information content (AvgIpc) is 2.23. The van der Waals surface area contributed by atoms with E-state index in [9.17, 15) is 9.59 Å². The SMILES string of the molecule is CC(C)(C)OC(=O)N(C(=O)OC(C)(C)C)c1cc(Br)ncn1. The maximum atomic E-state index is 12.3. The summed E-state index contributed by atoms with van der Waals surface area (Å²) in [6.45, 7) is 10.2. The van der Waals surface area contributed by atoms with Crippen LogP contribution in [0.4, 0.5) is 15.4 Å². The van der Waals surface area contributed by atoms with Gasteiger partial charge in [-0.05, 0) is 57.5 Å². The van der Waals surface area contributed by atoms with E-state index in [-0.39, 0.29) is 5.82 Å². The van der Waals surface area contributed by atoms with E-state index in [4.69, 9.17) is 9.47 Å². The number of aromatic nitrogens is 2. The molecule has 7 nitrogen and oxygen atoms in total. The smallest absolute Gasteiger partial charge is 0.425 e. The van der Waals surface area contributed by atoms with E-state index in [1.807, 2.05) is 0 Å². The van der Waals surface area contributed by atoms with Gasteiger partial charge in [0.25, 0.3) is 0 Å². The molecular formula is C14H20BrN3O4. The third-order valence-electron chi connectivity index (χ3n) is 2.00. The van der Waals surface area contributed by atoms with E-state index in [1.54, 1.807) is 41.5 Å². The number of halogens is 1. The van der Waals surface area contributed by atoms with Gasteiger partial charge < -0.3 is 9.47 Å². The highest BCUT2D eigenvalue weighted by Crippen LogP contribution is 2.21. The number of nitrogens with zero attached hydrogens (tertiary/aromatic N) is 3. The van der Waals surface area contributed by atoms with Gasteiger partial charge in [-0.2, -0.15) is 4.90 Å². The standard InChI is InChI=1S/C14H20BrN3O4/c1-13(2,3)21-11(19)18(12(20)22-14(4,5)6)10-7-9(15)16-8-17-10/h7-8H,1-6H3. The first kappa shape index (κ1) is 18.3. The van der Waals surface area contributed by atoms with Crippen LogP contribution in [0.2, 0.25) is 0 Å². The quantitative estimate of drug-likeness (QED) is 0.693. The average molecular weight is 374 g/mol. The van der Waals surface area contributed by atoms with Crippen molar-refractivity contribution in [3.63, 3.8) is 0 Å². The zero-order chi connectivity index (χ0) is 17.1. The maximum absolute atomic E-state index is 12.3. The minimum Gasteiger partial charge on any atom is -0.443 e. The van der Waals surface area contributed by atoms with E-state index in [1.165, 1.54) is 12.4 Å². The Morgan fingerprint density at radius 2 is 1.45 bits per heavy atom. The molecule has 0 aromatic carbocycles. The predicted molar refractivity (Wildman–Crippen MR) is 84.7 cm³/mol. The zero-order valence-corrected chi connectivity index (χ0v) is 15.1. The highest BCUT2D eigenvalue weighted by atomic mass is 79.9. The van der Waals surface area contributed by atoms with Crippen LogP contribution in [0.3, 0.4) is 0 Å². The summed E-state index contributed by atoms with van der Waals surface area (Å²) in [4.78, 5) is 33.2. The predicted octanol–water partition coefficient (Wildman–Crippen LogP) is 3.92. The van der Waals surface area contributed by atoms with E-state index in [0.717, 1.165) is 4.90 Å². The van der Waals surface area contributed by atoms with Crippen molar-refractivity contribution < 1.29 is 19.1 Å². The van der Waals surface area contributed by atoms with E-state index < -0.39 is 23.4 Å². The van der Waals surface area contributed by atoms with Gasteiger partial charge in [0.2, 0.25) is 0 Å². The van der Waals surface area contributed by atoms with Crippen LogP contribution < -0.4 is 4.90 Å². The van der Waals surface area contributed by atoms with Crippen LogP contribution in [0.1, 0.15) is 41.5 Å². The van der Waals surface area contributed by atoms with Gasteiger partial charge in [-0.1, -0.05) is 0 Å². The first-order chi connectivity index (χ1) is 9.89. The fourth-order valence-corrected chi connectivity index (χ4v) is 1.62. The molecule has 0 N–H and O–H groups in total. The zero-order valence-electron chi connectivity index (χ0n) is 13.5. The Morgan fingerprint density at radius 1 is 1.00 bits per heavy atom. The van der Waals surface area contributed by atoms with Crippen LogP contribution in [0, 0.1) is 0 Å². The molecule has 1 rings (SSSR count). The molecular weight excluding hydrogens is 354 g/mol. The molecule has 0 bridgehead atoms. The molecule has 22 heavy (non-hydrogen) atoms. The number of ether oxygens (including phenoxy) is 2. The molecule has 0 atom stereocenters. The van der Waals surface area contributed by atoms with Crippen molar-refractivity contribution in [2.45, 2.75) is 52.7 Å². The van der Waals surface area contributed by atoms with E-state index in [0.29, 0.717) is 4.60 Å². The molecule has 0 spiro atoms. The molecule has 0 fully saturated rings. The second kappa shape index (κ2) is 6.60. The Labute approximate surface area is 138 Å². The highest BCUT2D eigenvalue weighted by Gasteiger charge is 2.33. The first-order valence-electron chi connectivity index (χ1n) is 6.63. The number of imide groups is 1. The number of hydrogen-bond acceptors (Lipinski definition) is 6. The Balaban J connectivity index is 3.15. The number of anilines is 1. The van der Waals surface area contributed by atoms with Crippen molar-refractivity contribution in [1.82, 2.24) is 9.97 Å². The van der Waals surface area contributed by atoms with Gasteiger partial charge in [-0.15, -0.1) is 0 Å². The van der Waals surface area contributed by atoms with Crippen LogP contribution in [0.5, 0.6) is 0 Å². The number of amides is 2. The Bertz CT molecular complexity index is 536. The topological polar surface area (TPSA) is 81.6 Å². The van der Waals surface area contributed by atoms with Gasteiger partial charge >= 0.3 is 12.2 Å². The molecule has 0 aliphatic carbocycles. The van der Waals surface area contributed by atoms with Crippen molar-refractivity contribution in [1.29, 1.82) is 0 Å². The molecule has 0 saturated carbocycles. The molecule has 1 aromatic heterocycles. The minimum absolute atomic E-state index is 0.0605. The fraction of sp³-hybridized carbons (Fsp3) is 0.571. The van der Waals surface area contributed by atoms with Crippen LogP contribution in [-0.2, 0) is 9.47 Å². The molecule has 122 valence electrons. The van der Waals surface area contributed by atoms with Gasteiger partial charge in [0.1, 0.15) is 22.1 Å². The van der Waals surface area contributed by atoms with Crippen molar-refractivity contribution >= 4 is 33.9 Å². The number of carbonyl (C=O) groups is 2. The third-order valence-corrected chi connectivity index (χ3v) is 2.43. The van der Waals surface area contributed by atoms with Crippen molar-refractivity contribution in [2.24, 2.45) is 0 Å². The summed E-state index contributed by atoms with van der Waals surface area (Å²) >= 11 is 3.17. The Hall–Kier alpha value is -1.70. The summed E-state index contributed by atoms with van der Waals surface area (Å²) in [5.74, 6) is 0.0605. The number of hydrogen-bond donors (Lipinski definition) is 0. The molecule has 8 heteroatoms. The molecule has 1 heterocycles. The number of rotatable bonds is 1. The highest BCUT2D eigenvalue weighted by molar-refractivity contribution is 9.10. The van der Waals surface area contributed by atoms with Crippen LogP contribution in [-0.4, -0.2) is 33.4 Å². The molecule has 0 aliphatic heterocycles. The first-order valence-corrected chi connectivity index (χ1v) is 7.42.